The van der Waals surface area contributed by atoms with E-state index in [1.807, 2.05) is 35.2 Å². The van der Waals surface area contributed by atoms with Crippen LogP contribution in [0.1, 0.15) is 25.0 Å². The number of carbonyl (C=O) groups excluding carboxylic acids is 1. The molecule has 0 atom stereocenters. The molecular weight excluding hydrogens is 278 g/mol. The van der Waals surface area contributed by atoms with Crippen LogP contribution in [0.25, 0.3) is 0 Å². The first-order valence-corrected chi connectivity index (χ1v) is 7.75. The van der Waals surface area contributed by atoms with Crippen molar-refractivity contribution in [3.05, 3.63) is 42.5 Å². The summed E-state index contributed by atoms with van der Waals surface area (Å²) < 4.78 is 1.84. The van der Waals surface area contributed by atoms with Crippen molar-refractivity contribution in [1.82, 2.24) is 19.9 Å². The van der Waals surface area contributed by atoms with E-state index in [0.717, 1.165) is 24.7 Å². The van der Waals surface area contributed by atoms with Gasteiger partial charge in [-0.3, -0.25) is 4.79 Å². The molecule has 6 heteroatoms. The van der Waals surface area contributed by atoms with Gasteiger partial charge in [0.05, 0.1) is 12.2 Å². The number of hydrogen-bond acceptors (Lipinski definition) is 4. The molecule has 3 rings (SSSR count). The minimum Gasteiger partial charge on any atom is -0.349 e. The van der Waals surface area contributed by atoms with Crippen molar-refractivity contribution in [2.24, 2.45) is 0 Å². The predicted octanol–water partition coefficient (Wildman–Crippen LogP) is 1.58. The third-order valence-electron chi connectivity index (χ3n) is 3.80. The topological polar surface area (TPSA) is 63.1 Å². The zero-order chi connectivity index (χ0) is 15.2. The van der Waals surface area contributed by atoms with E-state index in [9.17, 15) is 4.79 Å². The second-order valence-corrected chi connectivity index (χ2v) is 5.53. The molecule has 0 aromatic carbocycles. The van der Waals surface area contributed by atoms with Crippen LogP contribution in [0.15, 0.2) is 36.8 Å². The molecule has 0 bridgehead atoms. The third-order valence-corrected chi connectivity index (χ3v) is 3.80. The van der Waals surface area contributed by atoms with E-state index >= 15 is 0 Å². The van der Waals surface area contributed by atoms with Crippen LogP contribution in [0.3, 0.4) is 0 Å². The van der Waals surface area contributed by atoms with Gasteiger partial charge in [0.1, 0.15) is 6.54 Å². The quantitative estimate of drug-likeness (QED) is 0.910. The van der Waals surface area contributed by atoms with E-state index in [1.54, 1.807) is 6.20 Å². The fraction of sp³-hybridized carbons (Fsp3) is 0.438. The first-order chi connectivity index (χ1) is 10.8. The predicted molar refractivity (Wildman–Crippen MR) is 84.4 cm³/mol. The Labute approximate surface area is 130 Å². The van der Waals surface area contributed by atoms with Gasteiger partial charge in [-0.25, -0.2) is 9.97 Å². The number of piperidine rings is 1. The van der Waals surface area contributed by atoms with Crippen molar-refractivity contribution in [2.75, 3.05) is 18.0 Å². The molecule has 0 radical (unpaired) electrons. The van der Waals surface area contributed by atoms with Crippen LogP contribution in [0.5, 0.6) is 0 Å². The minimum atomic E-state index is -0.0191. The average Bonchev–Trinajstić information content (AvgIpc) is 3.07. The molecule has 0 aliphatic carbocycles. The molecule has 3 heterocycles. The smallest absolute Gasteiger partial charge is 0.240 e. The number of rotatable bonds is 5. The molecule has 1 aliphatic heterocycles. The van der Waals surface area contributed by atoms with Crippen LogP contribution in [-0.4, -0.2) is 33.5 Å². The molecule has 0 spiro atoms. The Hall–Kier alpha value is -2.37. The van der Waals surface area contributed by atoms with Crippen LogP contribution < -0.4 is 10.2 Å². The fourth-order valence-electron chi connectivity index (χ4n) is 2.62. The van der Waals surface area contributed by atoms with Crippen molar-refractivity contribution in [3.8, 4) is 0 Å². The van der Waals surface area contributed by atoms with E-state index in [-0.39, 0.29) is 5.91 Å². The molecule has 0 unspecified atom stereocenters. The Morgan fingerprint density at radius 1 is 1.18 bits per heavy atom. The number of hydrogen-bond donors (Lipinski definition) is 1. The van der Waals surface area contributed by atoms with Crippen molar-refractivity contribution in [2.45, 2.75) is 32.4 Å². The molecule has 6 nitrogen and oxygen atoms in total. The summed E-state index contributed by atoms with van der Waals surface area (Å²) in [5.41, 5.74) is 0.844. The lowest BCUT2D eigenvalue weighted by Gasteiger charge is -2.26. The maximum atomic E-state index is 11.9. The van der Waals surface area contributed by atoms with Gasteiger partial charge in [-0.15, -0.1) is 0 Å². The van der Waals surface area contributed by atoms with Gasteiger partial charge in [-0.2, -0.15) is 0 Å². The largest absolute Gasteiger partial charge is 0.349 e. The normalized spacial score (nSPS) is 14.8. The number of nitrogens with one attached hydrogen (secondary N) is 1. The van der Waals surface area contributed by atoms with Crippen molar-refractivity contribution < 1.29 is 4.79 Å². The number of aromatic nitrogens is 3. The summed E-state index contributed by atoms with van der Waals surface area (Å²) in [5.74, 6) is 0.756. The van der Waals surface area contributed by atoms with E-state index in [4.69, 9.17) is 0 Å². The third kappa shape index (κ3) is 3.84. The molecule has 1 N–H and O–H groups in total. The Morgan fingerprint density at radius 2 is 1.95 bits per heavy atom. The number of amides is 1. The summed E-state index contributed by atoms with van der Waals surface area (Å²) >= 11 is 0. The van der Waals surface area contributed by atoms with Gasteiger partial charge in [0.15, 0.2) is 0 Å². The summed E-state index contributed by atoms with van der Waals surface area (Å²) in [6, 6.07) is 5.66. The van der Waals surface area contributed by atoms with Gasteiger partial charge in [0, 0.05) is 31.7 Å². The van der Waals surface area contributed by atoms with Gasteiger partial charge in [0.2, 0.25) is 11.9 Å². The van der Waals surface area contributed by atoms with Gasteiger partial charge in [0.25, 0.3) is 0 Å². The second kappa shape index (κ2) is 7.06. The van der Waals surface area contributed by atoms with Gasteiger partial charge in [-0.05, 0) is 37.5 Å². The van der Waals surface area contributed by atoms with Crippen molar-refractivity contribution in [3.63, 3.8) is 0 Å². The Balaban J connectivity index is 1.54. The van der Waals surface area contributed by atoms with Gasteiger partial charge in [-0.1, -0.05) is 0 Å². The first-order valence-electron chi connectivity index (χ1n) is 7.75. The molecule has 1 amide bonds. The number of nitrogens with zero attached hydrogens (tertiary/aromatic N) is 4. The van der Waals surface area contributed by atoms with Crippen molar-refractivity contribution in [1.29, 1.82) is 0 Å². The van der Waals surface area contributed by atoms with Crippen LogP contribution in [0, 0.1) is 0 Å². The molecule has 1 fully saturated rings. The molecule has 22 heavy (non-hydrogen) atoms. The van der Waals surface area contributed by atoms with Gasteiger partial charge >= 0.3 is 0 Å². The summed E-state index contributed by atoms with van der Waals surface area (Å²) in [6.07, 6.45) is 9.19. The SMILES string of the molecule is O=C(Cn1cccc1)NCc1ccnc(N2CCCCC2)n1. The van der Waals surface area contributed by atoms with Crippen molar-refractivity contribution >= 4 is 11.9 Å². The number of carbonyl (C=O) groups is 1. The molecular formula is C16H21N5O. The number of anilines is 1. The summed E-state index contributed by atoms with van der Waals surface area (Å²) in [5, 5.41) is 2.90. The maximum Gasteiger partial charge on any atom is 0.240 e. The summed E-state index contributed by atoms with van der Waals surface area (Å²) in [4.78, 5) is 23.0. The zero-order valence-electron chi connectivity index (χ0n) is 12.6. The molecule has 116 valence electrons. The first kappa shape index (κ1) is 14.6. The van der Waals surface area contributed by atoms with E-state index in [0.29, 0.717) is 13.1 Å². The Bertz CT molecular complexity index is 605. The van der Waals surface area contributed by atoms with Crippen LogP contribution >= 0.6 is 0 Å². The molecule has 1 saturated heterocycles. The molecule has 2 aromatic heterocycles. The van der Waals surface area contributed by atoms with E-state index < -0.39 is 0 Å². The monoisotopic (exact) mass is 299 g/mol. The highest BCUT2D eigenvalue weighted by atomic mass is 16.1. The Kier molecular flexibility index (Phi) is 4.68. The minimum absolute atomic E-state index is 0.0191. The van der Waals surface area contributed by atoms with Gasteiger partial charge < -0.3 is 14.8 Å². The molecule has 2 aromatic rings. The fourth-order valence-corrected chi connectivity index (χ4v) is 2.62. The highest BCUT2D eigenvalue weighted by Crippen LogP contribution is 2.15. The second-order valence-electron chi connectivity index (χ2n) is 5.53. The maximum absolute atomic E-state index is 11.9. The van der Waals surface area contributed by atoms with E-state index in [2.05, 4.69) is 20.2 Å². The summed E-state index contributed by atoms with van der Waals surface area (Å²) in [6.45, 7) is 2.80. The zero-order valence-corrected chi connectivity index (χ0v) is 12.6. The molecule has 0 saturated carbocycles. The van der Waals surface area contributed by atoms with Crippen LogP contribution in [0.2, 0.25) is 0 Å². The lowest BCUT2D eigenvalue weighted by molar-refractivity contribution is -0.121. The standard InChI is InChI=1S/C16H21N5O/c22-15(13-20-8-4-5-9-20)18-12-14-6-7-17-16(19-14)21-10-2-1-3-11-21/h4-9H,1-3,10-13H2,(H,18,22). The Morgan fingerprint density at radius 3 is 2.73 bits per heavy atom. The lowest BCUT2D eigenvalue weighted by atomic mass is 10.1. The highest BCUT2D eigenvalue weighted by Gasteiger charge is 2.13. The average molecular weight is 299 g/mol. The highest BCUT2D eigenvalue weighted by molar-refractivity contribution is 5.75. The van der Waals surface area contributed by atoms with E-state index in [1.165, 1.54) is 19.3 Å². The lowest BCUT2D eigenvalue weighted by Crippen LogP contribution is -2.31. The molecule has 1 aliphatic rings. The summed E-state index contributed by atoms with van der Waals surface area (Å²) in [7, 11) is 0. The van der Waals surface area contributed by atoms with Crippen LogP contribution in [-0.2, 0) is 17.9 Å². The van der Waals surface area contributed by atoms with Crippen LogP contribution in [0.4, 0.5) is 5.95 Å².